The molecule has 0 spiro atoms. The van der Waals surface area contributed by atoms with E-state index in [0.717, 1.165) is 50.3 Å². The van der Waals surface area contributed by atoms with Crippen molar-refractivity contribution < 1.29 is 9.90 Å². The standard InChI is InChI=1S/C30H49N7O2.C2H6/c1-2-3-4-10-19-36(20-11-6-5-8-15-31)24-29(38)25-37(22-27-12-7-9-17-33-27)23-28-14-13-26(21-35-28)30(39)34-18-16-32;1-2/h2-7,9,12-14,29,33,35,38H,1,8,10-11,15-25,31-32H2,(H,34,39);1-2H3/b4-3-,6-5-;. The summed E-state index contributed by atoms with van der Waals surface area (Å²) in [6.07, 6.45) is 22.4. The maximum atomic E-state index is 12.2. The van der Waals surface area contributed by atoms with Crippen molar-refractivity contribution >= 4 is 5.91 Å². The summed E-state index contributed by atoms with van der Waals surface area (Å²) in [5.74, 6) is -0.0974. The summed E-state index contributed by atoms with van der Waals surface area (Å²) in [4.78, 5) is 16.8. The molecule has 9 heteroatoms. The summed E-state index contributed by atoms with van der Waals surface area (Å²) in [7, 11) is 0. The molecule has 0 aromatic carbocycles. The van der Waals surface area contributed by atoms with E-state index in [4.69, 9.17) is 11.5 Å². The third kappa shape index (κ3) is 16.8. The number of allylic oxidation sites excluding steroid dienone is 6. The average molecular weight is 570 g/mol. The van der Waals surface area contributed by atoms with E-state index in [9.17, 15) is 9.90 Å². The number of aliphatic hydroxyl groups is 1. The first kappa shape index (κ1) is 36.1. The lowest BCUT2D eigenvalue weighted by molar-refractivity contribution is -0.117. The number of aliphatic hydroxyl groups excluding tert-OH is 1. The van der Waals surface area contributed by atoms with Crippen LogP contribution in [0.1, 0.15) is 33.1 Å². The minimum atomic E-state index is -0.515. The molecule has 0 fully saturated rings. The second kappa shape index (κ2) is 23.7. The third-order valence-electron chi connectivity index (χ3n) is 6.32. The molecule has 9 nitrogen and oxygen atoms in total. The van der Waals surface area contributed by atoms with Gasteiger partial charge in [-0.25, -0.2) is 0 Å². The molecule has 41 heavy (non-hydrogen) atoms. The Labute approximate surface area is 248 Å². The number of carbonyl (C=O) groups is 1. The highest BCUT2D eigenvalue weighted by atomic mass is 16.3. The summed E-state index contributed by atoms with van der Waals surface area (Å²) in [6.45, 7) is 14.7. The SMILES string of the molecule is C=C/C=C\CCN(CC/C=C\CCN)CC(O)CN(CC1=CC=CCN1)CC1=CC=C(C(=O)NCCN)CN1.CC. The topological polar surface area (TPSA) is 132 Å². The van der Waals surface area contributed by atoms with Crippen molar-refractivity contribution in [2.75, 3.05) is 72.0 Å². The molecule has 230 valence electrons. The maximum absolute atomic E-state index is 12.2. The maximum Gasteiger partial charge on any atom is 0.249 e. The van der Waals surface area contributed by atoms with Crippen molar-refractivity contribution in [3.8, 4) is 0 Å². The Morgan fingerprint density at radius 1 is 1.00 bits per heavy atom. The van der Waals surface area contributed by atoms with Gasteiger partial charge in [0.15, 0.2) is 0 Å². The Morgan fingerprint density at radius 3 is 2.29 bits per heavy atom. The van der Waals surface area contributed by atoms with E-state index in [0.29, 0.717) is 57.9 Å². The monoisotopic (exact) mass is 569 g/mol. The van der Waals surface area contributed by atoms with Gasteiger partial charge in [0.25, 0.3) is 0 Å². The summed E-state index contributed by atoms with van der Waals surface area (Å²) in [5.41, 5.74) is 13.9. The molecule has 0 aromatic heterocycles. The molecule has 0 saturated carbocycles. The lowest BCUT2D eigenvalue weighted by Gasteiger charge is -2.31. The van der Waals surface area contributed by atoms with E-state index < -0.39 is 6.10 Å². The molecule has 0 radical (unpaired) electrons. The number of hydrogen-bond donors (Lipinski definition) is 6. The van der Waals surface area contributed by atoms with Crippen LogP contribution >= 0.6 is 0 Å². The van der Waals surface area contributed by atoms with Crippen LogP contribution in [0.25, 0.3) is 0 Å². The lowest BCUT2D eigenvalue weighted by Crippen LogP contribution is -2.44. The van der Waals surface area contributed by atoms with Crippen molar-refractivity contribution in [1.82, 2.24) is 25.8 Å². The van der Waals surface area contributed by atoms with E-state index in [1.807, 2.05) is 32.1 Å². The minimum Gasteiger partial charge on any atom is -0.390 e. The minimum absolute atomic E-state index is 0.0974. The number of nitrogens with one attached hydrogen (secondary N) is 3. The molecule has 2 rings (SSSR count). The highest BCUT2D eigenvalue weighted by molar-refractivity contribution is 5.94. The van der Waals surface area contributed by atoms with Crippen LogP contribution in [0.4, 0.5) is 0 Å². The number of rotatable bonds is 20. The number of amides is 1. The zero-order chi connectivity index (χ0) is 30.1. The number of nitrogens with two attached hydrogens (primary N) is 2. The quantitative estimate of drug-likeness (QED) is 0.0969. The van der Waals surface area contributed by atoms with Crippen molar-refractivity contribution in [2.24, 2.45) is 11.5 Å². The second-order valence-electron chi connectivity index (χ2n) is 9.70. The van der Waals surface area contributed by atoms with Gasteiger partial charge in [0.1, 0.15) is 0 Å². The van der Waals surface area contributed by atoms with Gasteiger partial charge in [0.05, 0.1) is 6.10 Å². The lowest BCUT2D eigenvalue weighted by atomic mass is 10.1. The van der Waals surface area contributed by atoms with Crippen LogP contribution in [-0.2, 0) is 4.79 Å². The largest absolute Gasteiger partial charge is 0.390 e. The van der Waals surface area contributed by atoms with Gasteiger partial charge in [0, 0.05) is 82.4 Å². The van der Waals surface area contributed by atoms with Gasteiger partial charge in [-0.1, -0.05) is 63.0 Å². The first-order valence-corrected chi connectivity index (χ1v) is 15.0. The van der Waals surface area contributed by atoms with Crippen LogP contribution in [0.5, 0.6) is 0 Å². The molecule has 1 unspecified atom stereocenters. The smallest absolute Gasteiger partial charge is 0.249 e. The van der Waals surface area contributed by atoms with Gasteiger partial charge in [0.2, 0.25) is 5.91 Å². The Bertz CT molecular complexity index is 921. The van der Waals surface area contributed by atoms with Gasteiger partial charge < -0.3 is 37.4 Å². The van der Waals surface area contributed by atoms with E-state index in [2.05, 4.69) is 68.8 Å². The van der Waals surface area contributed by atoms with Gasteiger partial charge in [-0.3, -0.25) is 9.69 Å². The van der Waals surface area contributed by atoms with E-state index in [1.54, 1.807) is 6.08 Å². The molecule has 0 aliphatic carbocycles. The van der Waals surface area contributed by atoms with Crippen molar-refractivity contribution in [3.05, 3.63) is 84.3 Å². The first-order chi connectivity index (χ1) is 20.0. The molecule has 0 bridgehead atoms. The van der Waals surface area contributed by atoms with Crippen molar-refractivity contribution in [2.45, 2.75) is 39.2 Å². The molecule has 0 saturated heterocycles. The second-order valence-corrected chi connectivity index (χ2v) is 9.70. The van der Waals surface area contributed by atoms with Gasteiger partial charge in [-0.05, 0) is 44.0 Å². The van der Waals surface area contributed by atoms with E-state index in [-0.39, 0.29) is 5.91 Å². The molecule has 2 heterocycles. The fraction of sp³-hybridized carbons (Fsp3) is 0.531. The molecule has 8 N–H and O–H groups in total. The Balaban J connectivity index is 0.00000411. The predicted octanol–water partition coefficient (Wildman–Crippen LogP) is 1.94. The molecule has 2 aliphatic rings. The fourth-order valence-electron chi connectivity index (χ4n) is 4.35. The van der Waals surface area contributed by atoms with Gasteiger partial charge in [-0.2, -0.15) is 0 Å². The molecular weight excluding hydrogens is 514 g/mol. The Kier molecular flexibility index (Phi) is 20.9. The number of hydrogen-bond acceptors (Lipinski definition) is 8. The summed E-state index contributed by atoms with van der Waals surface area (Å²) >= 11 is 0. The molecular formula is C32H55N7O2. The van der Waals surface area contributed by atoms with Crippen LogP contribution in [0.2, 0.25) is 0 Å². The van der Waals surface area contributed by atoms with Crippen LogP contribution in [-0.4, -0.2) is 98.9 Å². The van der Waals surface area contributed by atoms with Gasteiger partial charge >= 0.3 is 0 Å². The fourth-order valence-corrected chi connectivity index (χ4v) is 4.35. The highest BCUT2D eigenvalue weighted by Gasteiger charge is 2.19. The van der Waals surface area contributed by atoms with Crippen molar-refractivity contribution in [1.29, 1.82) is 0 Å². The van der Waals surface area contributed by atoms with Crippen LogP contribution < -0.4 is 27.4 Å². The summed E-state index contributed by atoms with van der Waals surface area (Å²) in [6, 6.07) is 0. The number of nitrogens with zero attached hydrogens (tertiary/aromatic N) is 2. The molecule has 0 aromatic rings. The normalized spacial score (nSPS) is 15.5. The highest BCUT2D eigenvalue weighted by Crippen LogP contribution is 2.10. The van der Waals surface area contributed by atoms with Crippen LogP contribution in [0.15, 0.2) is 84.3 Å². The zero-order valence-electron chi connectivity index (χ0n) is 25.4. The van der Waals surface area contributed by atoms with Crippen LogP contribution in [0, 0.1) is 0 Å². The molecule has 2 aliphatic heterocycles. The number of carbonyl (C=O) groups excluding carboxylic acids is 1. The van der Waals surface area contributed by atoms with Crippen molar-refractivity contribution in [3.63, 3.8) is 0 Å². The summed E-state index contributed by atoms with van der Waals surface area (Å²) < 4.78 is 0. The average Bonchev–Trinajstić information content (AvgIpc) is 2.99. The van der Waals surface area contributed by atoms with E-state index in [1.165, 1.54) is 0 Å². The van der Waals surface area contributed by atoms with Gasteiger partial charge in [-0.15, -0.1) is 0 Å². The molecule has 1 atom stereocenters. The zero-order valence-corrected chi connectivity index (χ0v) is 25.4. The summed E-state index contributed by atoms with van der Waals surface area (Å²) in [5, 5.41) is 20.8. The Hall–Kier alpha value is -2.95. The molecule has 1 amide bonds. The first-order valence-electron chi connectivity index (χ1n) is 15.0. The number of dihydropyridines is 2. The third-order valence-corrected chi connectivity index (χ3v) is 6.32. The predicted molar refractivity (Wildman–Crippen MR) is 173 cm³/mol. The van der Waals surface area contributed by atoms with E-state index >= 15 is 0 Å². The Morgan fingerprint density at radius 2 is 1.68 bits per heavy atom. The van der Waals surface area contributed by atoms with Crippen LogP contribution in [0.3, 0.4) is 0 Å².